The molecule has 0 aliphatic heterocycles. The maximum atomic E-state index is 10.7. The highest BCUT2D eigenvalue weighted by Gasteiger charge is 2.17. The third-order valence-corrected chi connectivity index (χ3v) is 2.41. The molecule has 7 nitrogen and oxygen atoms in total. The number of aryl methyl sites for hydroxylation is 1. The lowest BCUT2D eigenvalue weighted by Crippen LogP contribution is -2.26. The van der Waals surface area contributed by atoms with Crippen LogP contribution in [0.3, 0.4) is 0 Å². The molecule has 1 heterocycles. The maximum absolute atomic E-state index is 10.7. The average Bonchev–Trinajstić information content (AvgIpc) is 2.57. The van der Waals surface area contributed by atoms with E-state index in [2.05, 4.69) is 4.98 Å². The van der Waals surface area contributed by atoms with Crippen LogP contribution in [0.15, 0.2) is 6.20 Å². The number of rotatable bonds is 6. The standard InChI is InChI=1S/C9H16N4O3/c1-8-10-7-9(13(15)16)12(8)4-3-11(2)5-6-14/h7,14H,3-6H2,1-2H3. The summed E-state index contributed by atoms with van der Waals surface area (Å²) < 4.78 is 1.56. The molecule has 0 amide bonds. The smallest absolute Gasteiger partial charge is 0.342 e. The van der Waals surface area contributed by atoms with Crippen LogP contribution in [0.5, 0.6) is 0 Å². The van der Waals surface area contributed by atoms with Gasteiger partial charge in [-0.15, -0.1) is 0 Å². The van der Waals surface area contributed by atoms with Crippen LogP contribution in [0.1, 0.15) is 5.82 Å². The second kappa shape index (κ2) is 5.57. The number of likely N-dealkylation sites (N-methyl/N-ethyl adjacent to an activating group) is 1. The highest BCUT2D eigenvalue weighted by Crippen LogP contribution is 2.13. The van der Waals surface area contributed by atoms with Crippen molar-refractivity contribution in [2.24, 2.45) is 0 Å². The van der Waals surface area contributed by atoms with E-state index in [9.17, 15) is 10.1 Å². The second-order valence-corrected chi connectivity index (χ2v) is 3.60. The van der Waals surface area contributed by atoms with Gasteiger partial charge in [0, 0.05) is 20.0 Å². The Morgan fingerprint density at radius 1 is 1.62 bits per heavy atom. The van der Waals surface area contributed by atoms with Crippen LogP contribution in [0, 0.1) is 17.0 Å². The van der Waals surface area contributed by atoms with Gasteiger partial charge in [0.15, 0.2) is 5.82 Å². The number of aliphatic hydroxyl groups is 1. The monoisotopic (exact) mass is 228 g/mol. The fourth-order valence-electron chi connectivity index (χ4n) is 1.43. The molecule has 1 aromatic rings. The van der Waals surface area contributed by atoms with E-state index in [4.69, 9.17) is 5.11 Å². The molecular formula is C9H16N4O3. The number of hydrogen-bond donors (Lipinski definition) is 1. The molecule has 0 saturated heterocycles. The Balaban J connectivity index is 2.65. The summed E-state index contributed by atoms with van der Waals surface area (Å²) in [6, 6.07) is 0. The summed E-state index contributed by atoms with van der Waals surface area (Å²) in [5.41, 5.74) is 0. The molecule has 1 aromatic heterocycles. The summed E-state index contributed by atoms with van der Waals surface area (Å²) in [5.74, 6) is 0.638. The Hall–Kier alpha value is -1.47. The van der Waals surface area contributed by atoms with Crippen LogP contribution in [0.4, 0.5) is 5.82 Å². The van der Waals surface area contributed by atoms with Crippen LogP contribution in [-0.4, -0.2) is 51.2 Å². The van der Waals surface area contributed by atoms with Gasteiger partial charge in [-0.1, -0.05) is 0 Å². The van der Waals surface area contributed by atoms with Crippen LogP contribution in [0.25, 0.3) is 0 Å². The Morgan fingerprint density at radius 3 is 2.88 bits per heavy atom. The minimum Gasteiger partial charge on any atom is -0.395 e. The summed E-state index contributed by atoms with van der Waals surface area (Å²) in [4.78, 5) is 16.1. The van der Waals surface area contributed by atoms with E-state index in [1.54, 1.807) is 11.5 Å². The van der Waals surface area contributed by atoms with Crippen LogP contribution in [0.2, 0.25) is 0 Å². The van der Waals surface area contributed by atoms with Crippen LogP contribution in [-0.2, 0) is 6.54 Å². The quantitative estimate of drug-likeness (QED) is 0.548. The zero-order valence-corrected chi connectivity index (χ0v) is 9.46. The molecular weight excluding hydrogens is 212 g/mol. The molecule has 0 unspecified atom stereocenters. The van der Waals surface area contributed by atoms with Gasteiger partial charge in [-0.05, 0) is 12.0 Å². The Labute approximate surface area is 93.5 Å². The summed E-state index contributed by atoms with van der Waals surface area (Å²) >= 11 is 0. The molecule has 7 heteroatoms. The van der Waals surface area contributed by atoms with Gasteiger partial charge >= 0.3 is 5.82 Å². The van der Waals surface area contributed by atoms with E-state index in [-0.39, 0.29) is 12.4 Å². The predicted molar refractivity (Wildman–Crippen MR) is 58.2 cm³/mol. The number of hydrogen-bond acceptors (Lipinski definition) is 5. The van der Waals surface area contributed by atoms with Crippen molar-refractivity contribution < 1.29 is 10.0 Å². The van der Waals surface area contributed by atoms with Crippen LogP contribution >= 0.6 is 0 Å². The van der Waals surface area contributed by atoms with E-state index in [1.807, 2.05) is 11.9 Å². The summed E-state index contributed by atoms with van der Waals surface area (Å²) in [6.07, 6.45) is 1.27. The zero-order valence-electron chi connectivity index (χ0n) is 9.46. The topological polar surface area (TPSA) is 84.4 Å². The fraction of sp³-hybridized carbons (Fsp3) is 0.667. The van der Waals surface area contributed by atoms with Crippen molar-refractivity contribution in [1.82, 2.24) is 14.5 Å². The van der Waals surface area contributed by atoms with Crippen molar-refractivity contribution in [3.05, 3.63) is 22.1 Å². The van der Waals surface area contributed by atoms with Crippen molar-refractivity contribution >= 4 is 5.82 Å². The first-order chi connectivity index (χ1) is 7.56. The number of aliphatic hydroxyl groups excluding tert-OH is 1. The van der Waals surface area contributed by atoms with Crippen molar-refractivity contribution in [1.29, 1.82) is 0 Å². The number of imidazole rings is 1. The molecule has 0 atom stereocenters. The molecule has 1 N–H and O–H groups in total. The molecule has 0 radical (unpaired) electrons. The summed E-state index contributed by atoms with van der Waals surface area (Å²) in [6.45, 7) is 3.51. The fourth-order valence-corrected chi connectivity index (χ4v) is 1.43. The summed E-state index contributed by atoms with van der Waals surface area (Å²) in [7, 11) is 1.86. The maximum Gasteiger partial charge on any atom is 0.342 e. The highest BCUT2D eigenvalue weighted by atomic mass is 16.6. The average molecular weight is 228 g/mol. The van der Waals surface area contributed by atoms with Gasteiger partial charge in [0.05, 0.1) is 6.61 Å². The van der Waals surface area contributed by atoms with Gasteiger partial charge in [-0.3, -0.25) is 0 Å². The van der Waals surface area contributed by atoms with Gasteiger partial charge in [-0.25, -0.2) is 9.55 Å². The Kier molecular flexibility index (Phi) is 4.39. The Morgan fingerprint density at radius 2 is 2.31 bits per heavy atom. The van der Waals surface area contributed by atoms with Gasteiger partial charge in [-0.2, -0.15) is 0 Å². The minimum atomic E-state index is -0.438. The highest BCUT2D eigenvalue weighted by molar-refractivity contribution is 5.18. The number of nitro groups is 1. The van der Waals surface area contributed by atoms with Crippen molar-refractivity contribution in [2.45, 2.75) is 13.5 Å². The van der Waals surface area contributed by atoms with Crippen molar-refractivity contribution in [3.8, 4) is 0 Å². The van der Waals surface area contributed by atoms with E-state index in [1.165, 1.54) is 6.20 Å². The molecule has 0 aromatic carbocycles. The first kappa shape index (κ1) is 12.6. The normalized spacial score (nSPS) is 11.0. The second-order valence-electron chi connectivity index (χ2n) is 3.60. The van der Waals surface area contributed by atoms with E-state index < -0.39 is 4.92 Å². The molecule has 90 valence electrons. The lowest BCUT2D eigenvalue weighted by Gasteiger charge is -2.13. The largest absolute Gasteiger partial charge is 0.395 e. The molecule has 16 heavy (non-hydrogen) atoms. The molecule has 0 aliphatic rings. The SMILES string of the molecule is Cc1ncc([N+](=O)[O-])n1CCN(C)CCO. The molecule has 0 fully saturated rings. The number of nitrogens with zero attached hydrogens (tertiary/aromatic N) is 4. The molecule has 0 bridgehead atoms. The Bertz CT molecular complexity index is 364. The van der Waals surface area contributed by atoms with E-state index in [0.29, 0.717) is 25.5 Å². The third-order valence-electron chi connectivity index (χ3n) is 2.41. The molecule has 0 aliphatic carbocycles. The van der Waals surface area contributed by atoms with Gasteiger partial charge in [0.25, 0.3) is 0 Å². The lowest BCUT2D eigenvalue weighted by molar-refractivity contribution is -0.392. The third kappa shape index (κ3) is 3.01. The van der Waals surface area contributed by atoms with E-state index >= 15 is 0 Å². The first-order valence-corrected chi connectivity index (χ1v) is 5.02. The first-order valence-electron chi connectivity index (χ1n) is 5.02. The van der Waals surface area contributed by atoms with Gasteiger partial charge in [0.1, 0.15) is 12.7 Å². The van der Waals surface area contributed by atoms with Gasteiger partial charge < -0.3 is 20.1 Å². The number of aromatic nitrogens is 2. The van der Waals surface area contributed by atoms with Crippen molar-refractivity contribution in [2.75, 3.05) is 26.7 Å². The van der Waals surface area contributed by atoms with E-state index in [0.717, 1.165) is 0 Å². The summed E-state index contributed by atoms with van der Waals surface area (Å²) in [5, 5.41) is 19.4. The zero-order chi connectivity index (χ0) is 12.1. The molecule has 1 rings (SSSR count). The van der Waals surface area contributed by atoms with Crippen LogP contribution < -0.4 is 0 Å². The molecule has 0 saturated carbocycles. The molecule has 0 spiro atoms. The minimum absolute atomic E-state index is 0.00917. The van der Waals surface area contributed by atoms with Crippen molar-refractivity contribution in [3.63, 3.8) is 0 Å². The lowest BCUT2D eigenvalue weighted by atomic mass is 10.5. The predicted octanol–water partition coefficient (Wildman–Crippen LogP) is 0.0238. The van der Waals surface area contributed by atoms with Gasteiger partial charge in [0.2, 0.25) is 0 Å².